The van der Waals surface area contributed by atoms with Crippen LogP contribution < -0.4 is 16.0 Å². The number of nitrogens with zero attached hydrogens (tertiary/aromatic N) is 5. The van der Waals surface area contributed by atoms with E-state index < -0.39 is 11.6 Å². The van der Waals surface area contributed by atoms with Crippen LogP contribution in [0, 0.1) is 0 Å². The van der Waals surface area contributed by atoms with Crippen LogP contribution in [0.1, 0.15) is 57.3 Å². The summed E-state index contributed by atoms with van der Waals surface area (Å²) >= 11 is 0. The van der Waals surface area contributed by atoms with Gasteiger partial charge in [0.2, 0.25) is 11.9 Å². The summed E-state index contributed by atoms with van der Waals surface area (Å²) in [5.41, 5.74) is 7.85. The number of amides is 2. The van der Waals surface area contributed by atoms with E-state index in [4.69, 9.17) is 10.5 Å². The maximum atomic E-state index is 12.3. The summed E-state index contributed by atoms with van der Waals surface area (Å²) in [4.78, 5) is 38.9. The molecule has 0 saturated carbocycles. The number of aromatic nitrogens is 2. The smallest absolute Gasteiger partial charge is 0.416 e. The maximum Gasteiger partial charge on any atom is 0.416 e. The molecule has 10 nitrogen and oxygen atoms in total. The first-order valence-corrected chi connectivity index (χ1v) is 12.8. The number of cyclic esters (lactones) is 1. The molecule has 198 valence electrons. The Kier molecular flexibility index (Phi) is 7.68. The highest BCUT2D eigenvalue weighted by Gasteiger charge is 2.42. The largest absolute Gasteiger partial charge is 0.447 e. The van der Waals surface area contributed by atoms with Crippen LogP contribution in [0.4, 0.5) is 22.4 Å². The molecule has 0 aliphatic carbocycles. The zero-order valence-corrected chi connectivity index (χ0v) is 22.1. The Morgan fingerprint density at radius 2 is 1.84 bits per heavy atom. The summed E-state index contributed by atoms with van der Waals surface area (Å²) in [6.45, 7) is 15.0. The third kappa shape index (κ3) is 5.69. The van der Waals surface area contributed by atoms with E-state index in [1.807, 2.05) is 25.7 Å². The summed E-state index contributed by atoms with van der Waals surface area (Å²) in [6.07, 6.45) is 1.92. The van der Waals surface area contributed by atoms with Crippen molar-refractivity contribution in [2.75, 3.05) is 48.7 Å². The molecule has 2 amide bonds. The molecule has 0 spiro atoms. The van der Waals surface area contributed by atoms with E-state index in [9.17, 15) is 9.59 Å². The summed E-state index contributed by atoms with van der Waals surface area (Å²) in [6, 6.07) is 10.3. The monoisotopic (exact) mass is 507 g/mol. The number of hydrogen-bond donors (Lipinski definition) is 2. The minimum absolute atomic E-state index is 0.00103. The van der Waals surface area contributed by atoms with Crippen molar-refractivity contribution in [3.05, 3.63) is 54.1 Å². The van der Waals surface area contributed by atoms with Crippen molar-refractivity contribution >= 4 is 29.6 Å². The fourth-order valence-corrected chi connectivity index (χ4v) is 5.02. The van der Waals surface area contributed by atoms with Crippen molar-refractivity contribution in [2.24, 2.45) is 0 Å². The molecular formula is C27H37N7O3. The third-order valence-corrected chi connectivity index (χ3v) is 7.09. The average molecular weight is 508 g/mol. The van der Waals surface area contributed by atoms with Gasteiger partial charge in [-0.2, -0.15) is 9.97 Å². The molecule has 2 saturated heterocycles. The van der Waals surface area contributed by atoms with Crippen molar-refractivity contribution in [1.82, 2.24) is 19.8 Å². The number of hydrogen-bond acceptors (Lipinski definition) is 8. The van der Waals surface area contributed by atoms with E-state index in [0.717, 1.165) is 38.2 Å². The molecule has 2 atom stereocenters. The van der Waals surface area contributed by atoms with Gasteiger partial charge in [0.25, 0.3) is 0 Å². The number of nitrogens with one attached hydrogen (secondary N) is 1. The van der Waals surface area contributed by atoms with Gasteiger partial charge < -0.3 is 20.7 Å². The molecule has 3 N–H and O–H groups in total. The quantitative estimate of drug-likeness (QED) is 0.519. The lowest BCUT2D eigenvalue weighted by molar-refractivity contribution is -0.128. The van der Waals surface area contributed by atoms with Gasteiger partial charge in [0.05, 0.1) is 11.6 Å². The number of piperazine rings is 1. The Morgan fingerprint density at radius 3 is 2.41 bits per heavy atom. The van der Waals surface area contributed by atoms with E-state index in [2.05, 4.69) is 58.0 Å². The van der Waals surface area contributed by atoms with Crippen molar-refractivity contribution < 1.29 is 14.3 Å². The van der Waals surface area contributed by atoms with Crippen LogP contribution in [0.25, 0.3) is 0 Å². The topological polar surface area (TPSA) is 117 Å². The van der Waals surface area contributed by atoms with Gasteiger partial charge >= 0.3 is 6.09 Å². The normalized spacial score (nSPS) is 19.3. The van der Waals surface area contributed by atoms with Crippen LogP contribution in [0.5, 0.6) is 0 Å². The number of rotatable bonds is 8. The minimum atomic E-state index is -0.528. The second kappa shape index (κ2) is 10.8. The van der Waals surface area contributed by atoms with Crippen molar-refractivity contribution in [3.63, 3.8) is 0 Å². The molecule has 0 bridgehead atoms. The predicted octanol–water partition coefficient (Wildman–Crippen LogP) is 3.75. The lowest BCUT2D eigenvalue weighted by Crippen LogP contribution is -2.49. The number of carbonyl (C=O) groups is 2. The van der Waals surface area contributed by atoms with Crippen LogP contribution in [0.15, 0.2) is 43.0 Å². The standard InChI is InChI=1S/C27H37N7O3/c1-6-21(32-12-14-33(15-13-32)24(35)7-2)20-10-8-19(9-11-20)18(3)29-25-30-22(28)16-23(31-25)34-26(36)37-17-27(34,4)5/h7-11,16,18,21H,2,6,12-15,17H2,1,3-5H3,(H3,28,29,30,31)/t18-,21?/m0/s1. The SMILES string of the molecule is C=CC(=O)N1CCN(C(CC)c2ccc([C@H](C)Nc3nc(N)cc(N4C(=O)OCC4(C)C)n3)cc2)CC1. The number of carbonyl (C=O) groups excluding carboxylic acids is 2. The first-order valence-electron chi connectivity index (χ1n) is 12.8. The van der Waals surface area contributed by atoms with E-state index in [1.54, 1.807) is 6.07 Å². The highest BCUT2D eigenvalue weighted by Crippen LogP contribution is 2.31. The van der Waals surface area contributed by atoms with Crippen LogP contribution in [0.2, 0.25) is 0 Å². The van der Waals surface area contributed by atoms with Crippen molar-refractivity contribution in [3.8, 4) is 0 Å². The summed E-state index contributed by atoms with van der Waals surface area (Å²) in [5, 5.41) is 3.32. The van der Waals surface area contributed by atoms with Gasteiger partial charge in [0.15, 0.2) is 0 Å². The Labute approximate surface area is 218 Å². The Bertz CT molecular complexity index is 1140. The number of nitrogens with two attached hydrogens (primary N) is 1. The van der Waals surface area contributed by atoms with Gasteiger partial charge in [-0.05, 0) is 44.4 Å². The van der Waals surface area contributed by atoms with Gasteiger partial charge in [0, 0.05) is 38.3 Å². The molecule has 3 heterocycles. The number of anilines is 3. The fourth-order valence-electron chi connectivity index (χ4n) is 5.02. The van der Waals surface area contributed by atoms with E-state index >= 15 is 0 Å². The summed E-state index contributed by atoms with van der Waals surface area (Å²) < 4.78 is 5.21. The second-order valence-electron chi connectivity index (χ2n) is 10.2. The molecule has 10 heteroatoms. The molecule has 2 aliphatic rings. The van der Waals surface area contributed by atoms with Crippen LogP contribution in [-0.2, 0) is 9.53 Å². The van der Waals surface area contributed by atoms with E-state index in [-0.39, 0.29) is 24.4 Å². The zero-order valence-electron chi connectivity index (χ0n) is 22.1. The number of benzene rings is 1. The van der Waals surface area contributed by atoms with Crippen molar-refractivity contribution in [1.29, 1.82) is 0 Å². The lowest BCUT2D eigenvalue weighted by atomic mass is 9.98. The maximum absolute atomic E-state index is 12.3. The zero-order chi connectivity index (χ0) is 26.7. The molecule has 4 rings (SSSR count). The first-order chi connectivity index (χ1) is 17.6. The third-order valence-electron chi connectivity index (χ3n) is 7.09. The molecule has 1 aromatic heterocycles. The summed E-state index contributed by atoms with van der Waals surface area (Å²) in [5.74, 6) is 1.02. The number of nitrogen functional groups attached to an aromatic ring is 1. The Morgan fingerprint density at radius 1 is 1.19 bits per heavy atom. The Hall–Kier alpha value is -3.66. The van der Waals surface area contributed by atoms with E-state index in [0.29, 0.717) is 17.8 Å². The van der Waals surface area contributed by atoms with Gasteiger partial charge in [-0.3, -0.25) is 14.6 Å². The molecule has 2 aromatic rings. The highest BCUT2D eigenvalue weighted by atomic mass is 16.6. The molecule has 1 aromatic carbocycles. The molecule has 2 fully saturated rings. The van der Waals surface area contributed by atoms with Gasteiger partial charge in [0.1, 0.15) is 18.2 Å². The first kappa shape index (κ1) is 26.4. The van der Waals surface area contributed by atoms with Crippen LogP contribution in [-0.4, -0.2) is 70.1 Å². The molecule has 37 heavy (non-hydrogen) atoms. The Balaban J connectivity index is 1.44. The lowest BCUT2D eigenvalue weighted by Gasteiger charge is -2.39. The van der Waals surface area contributed by atoms with E-state index in [1.165, 1.54) is 16.5 Å². The molecule has 2 aliphatic heterocycles. The average Bonchev–Trinajstić information content (AvgIpc) is 3.16. The second-order valence-corrected chi connectivity index (χ2v) is 10.2. The minimum Gasteiger partial charge on any atom is -0.447 e. The van der Waals surface area contributed by atoms with Crippen LogP contribution in [0.3, 0.4) is 0 Å². The van der Waals surface area contributed by atoms with Crippen molar-refractivity contribution in [2.45, 2.75) is 51.7 Å². The molecule has 1 unspecified atom stereocenters. The number of ether oxygens (including phenoxy) is 1. The molecule has 0 radical (unpaired) electrons. The fraction of sp³-hybridized carbons (Fsp3) is 0.481. The van der Waals surface area contributed by atoms with Gasteiger partial charge in [-0.1, -0.05) is 37.8 Å². The van der Waals surface area contributed by atoms with Crippen LogP contribution >= 0.6 is 0 Å². The predicted molar refractivity (Wildman–Crippen MR) is 144 cm³/mol. The summed E-state index contributed by atoms with van der Waals surface area (Å²) in [7, 11) is 0. The van der Waals surface area contributed by atoms with Gasteiger partial charge in [-0.15, -0.1) is 0 Å². The highest BCUT2D eigenvalue weighted by molar-refractivity contribution is 5.90. The molecular weight excluding hydrogens is 470 g/mol. The van der Waals surface area contributed by atoms with Gasteiger partial charge in [-0.25, -0.2) is 4.79 Å².